The molecule has 0 aliphatic heterocycles. The van der Waals surface area contributed by atoms with Crippen LogP contribution in [-0.4, -0.2) is 35.3 Å². The highest BCUT2D eigenvalue weighted by atomic mass is 16.3. The van der Waals surface area contributed by atoms with Gasteiger partial charge in [-0.15, -0.1) is 0 Å². The van der Waals surface area contributed by atoms with Crippen LogP contribution in [0.5, 0.6) is 0 Å². The second-order valence-electron chi connectivity index (χ2n) is 4.65. The first kappa shape index (κ1) is 12.9. The number of hydrogen-bond acceptors (Lipinski definition) is 4. The third-order valence-electron chi connectivity index (χ3n) is 2.92. The predicted molar refractivity (Wildman–Crippen MR) is 70.1 cm³/mol. The van der Waals surface area contributed by atoms with Gasteiger partial charge in [0.2, 0.25) is 0 Å². The summed E-state index contributed by atoms with van der Waals surface area (Å²) in [4.78, 5) is 2.15. The van der Waals surface area contributed by atoms with Gasteiger partial charge in [-0.2, -0.15) is 5.10 Å². The van der Waals surface area contributed by atoms with E-state index in [1.807, 2.05) is 36.3 Å². The highest BCUT2D eigenvalue weighted by Crippen LogP contribution is 2.17. The SMILES string of the molecule is CN(C)C(CNCc1cnn(C)c1)c1ccco1. The molecule has 5 heteroatoms. The van der Waals surface area contributed by atoms with Crippen molar-refractivity contribution in [1.82, 2.24) is 20.0 Å². The zero-order valence-electron chi connectivity index (χ0n) is 11.1. The van der Waals surface area contributed by atoms with E-state index in [9.17, 15) is 0 Å². The number of likely N-dealkylation sites (N-methyl/N-ethyl adjacent to an activating group) is 1. The van der Waals surface area contributed by atoms with Gasteiger partial charge in [0.15, 0.2) is 0 Å². The molecule has 2 heterocycles. The summed E-state index contributed by atoms with van der Waals surface area (Å²) in [5, 5.41) is 7.58. The highest BCUT2D eigenvalue weighted by molar-refractivity contribution is 5.06. The van der Waals surface area contributed by atoms with Gasteiger partial charge < -0.3 is 9.73 Å². The van der Waals surface area contributed by atoms with Crippen LogP contribution in [0.15, 0.2) is 35.2 Å². The van der Waals surface area contributed by atoms with Gasteiger partial charge in [-0.05, 0) is 26.2 Å². The van der Waals surface area contributed by atoms with E-state index in [1.165, 1.54) is 5.56 Å². The minimum Gasteiger partial charge on any atom is -0.468 e. The van der Waals surface area contributed by atoms with Crippen LogP contribution in [0.4, 0.5) is 0 Å². The quantitative estimate of drug-likeness (QED) is 0.839. The molecule has 0 aliphatic carbocycles. The number of aromatic nitrogens is 2. The van der Waals surface area contributed by atoms with Crippen LogP contribution in [0, 0.1) is 0 Å². The van der Waals surface area contributed by atoms with Crippen LogP contribution in [0.25, 0.3) is 0 Å². The maximum atomic E-state index is 5.47. The first-order valence-corrected chi connectivity index (χ1v) is 6.05. The molecule has 0 saturated carbocycles. The largest absolute Gasteiger partial charge is 0.468 e. The molecule has 0 aromatic carbocycles. The molecular formula is C13H20N4O. The van der Waals surface area contributed by atoms with Gasteiger partial charge >= 0.3 is 0 Å². The Balaban J connectivity index is 1.87. The zero-order chi connectivity index (χ0) is 13.0. The fourth-order valence-electron chi connectivity index (χ4n) is 1.93. The highest BCUT2D eigenvalue weighted by Gasteiger charge is 2.16. The third-order valence-corrected chi connectivity index (χ3v) is 2.92. The van der Waals surface area contributed by atoms with Crippen molar-refractivity contribution in [1.29, 1.82) is 0 Å². The molecule has 18 heavy (non-hydrogen) atoms. The Kier molecular flexibility index (Phi) is 4.17. The molecule has 2 rings (SSSR count). The van der Waals surface area contributed by atoms with Crippen LogP contribution in [0.2, 0.25) is 0 Å². The Morgan fingerprint density at radius 2 is 2.33 bits per heavy atom. The molecule has 0 amide bonds. The van der Waals surface area contributed by atoms with E-state index >= 15 is 0 Å². The lowest BCUT2D eigenvalue weighted by Gasteiger charge is -2.22. The number of rotatable bonds is 6. The number of hydrogen-bond donors (Lipinski definition) is 1. The normalized spacial score (nSPS) is 13.1. The molecule has 2 aromatic heterocycles. The van der Waals surface area contributed by atoms with Crippen molar-refractivity contribution in [2.45, 2.75) is 12.6 Å². The molecule has 1 unspecified atom stereocenters. The monoisotopic (exact) mass is 248 g/mol. The molecule has 0 spiro atoms. The zero-order valence-corrected chi connectivity index (χ0v) is 11.1. The summed E-state index contributed by atoms with van der Waals surface area (Å²) in [6.45, 7) is 1.66. The van der Waals surface area contributed by atoms with Crippen molar-refractivity contribution in [3.05, 3.63) is 42.1 Å². The molecule has 0 radical (unpaired) electrons. The molecule has 5 nitrogen and oxygen atoms in total. The number of nitrogens with zero attached hydrogens (tertiary/aromatic N) is 3. The Morgan fingerprint density at radius 1 is 1.50 bits per heavy atom. The van der Waals surface area contributed by atoms with E-state index in [1.54, 1.807) is 6.26 Å². The predicted octanol–water partition coefficient (Wildman–Crippen LogP) is 1.41. The van der Waals surface area contributed by atoms with Crippen LogP contribution < -0.4 is 5.32 Å². The smallest absolute Gasteiger partial charge is 0.122 e. The Morgan fingerprint density at radius 3 is 2.89 bits per heavy atom. The number of aryl methyl sites for hydroxylation is 1. The lowest BCUT2D eigenvalue weighted by atomic mass is 10.2. The van der Waals surface area contributed by atoms with Gasteiger partial charge in [-0.25, -0.2) is 0 Å². The van der Waals surface area contributed by atoms with Crippen LogP contribution >= 0.6 is 0 Å². The van der Waals surface area contributed by atoms with Gasteiger partial charge in [0, 0.05) is 31.9 Å². The Labute approximate surface area is 107 Å². The first-order valence-electron chi connectivity index (χ1n) is 6.05. The van der Waals surface area contributed by atoms with Crippen LogP contribution in [-0.2, 0) is 13.6 Å². The number of nitrogens with one attached hydrogen (secondary N) is 1. The van der Waals surface area contributed by atoms with Crippen molar-refractivity contribution in [2.24, 2.45) is 7.05 Å². The second kappa shape index (κ2) is 5.84. The van der Waals surface area contributed by atoms with Crippen molar-refractivity contribution in [2.75, 3.05) is 20.6 Å². The summed E-state index contributed by atoms with van der Waals surface area (Å²) in [7, 11) is 6.03. The lowest BCUT2D eigenvalue weighted by Crippen LogP contribution is -2.30. The summed E-state index contributed by atoms with van der Waals surface area (Å²) in [5.41, 5.74) is 1.19. The maximum Gasteiger partial charge on any atom is 0.122 e. The molecule has 0 aliphatic rings. The third kappa shape index (κ3) is 3.21. The molecule has 0 bridgehead atoms. The van der Waals surface area contributed by atoms with Crippen molar-refractivity contribution in [3.8, 4) is 0 Å². The summed E-state index contributed by atoms with van der Waals surface area (Å²) in [6, 6.07) is 4.18. The molecule has 0 saturated heterocycles. The summed E-state index contributed by atoms with van der Waals surface area (Å²) < 4.78 is 7.28. The van der Waals surface area contributed by atoms with E-state index in [0.717, 1.165) is 18.8 Å². The summed E-state index contributed by atoms with van der Waals surface area (Å²) in [6.07, 6.45) is 5.61. The Bertz CT molecular complexity index is 461. The first-order chi connectivity index (χ1) is 8.66. The topological polar surface area (TPSA) is 46.2 Å². The van der Waals surface area contributed by atoms with Gasteiger partial charge in [-0.3, -0.25) is 9.58 Å². The minimum absolute atomic E-state index is 0.247. The van der Waals surface area contributed by atoms with Crippen molar-refractivity contribution < 1.29 is 4.42 Å². The summed E-state index contributed by atoms with van der Waals surface area (Å²) >= 11 is 0. The van der Waals surface area contributed by atoms with E-state index in [2.05, 4.69) is 29.4 Å². The van der Waals surface area contributed by atoms with Crippen molar-refractivity contribution >= 4 is 0 Å². The standard InChI is InChI=1S/C13H20N4O/c1-16(2)12(13-5-4-6-18-13)9-14-7-11-8-15-17(3)10-11/h4-6,8,10,12,14H,7,9H2,1-3H3. The average molecular weight is 248 g/mol. The second-order valence-corrected chi connectivity index (χ2v) is 4.65. The van der Waals surface area contributed by atoms with E-state index in [-0.39, 0.29) is 6.04 Å². The fraction of sp³-hybridized carbons (Fsp3) is 0.462. The molecular weight excluding hydrogens is 228 g/mol. The van der Waals surface area contributed by atoms with E-state index in [4.69, 9.17) is 4.42 Å². The van der Waals surface area contributed by atoms with Crippen LogP contribution in [0.3, 0.4) is 0 Å². The van der Waals surface area contributed by atoms with Crippen LogP contribution in [0.1, 0.15) is 17.4 Å². The fourth-order valence-corrected chi connectivity index (χ4v) is 1.93. The van der Waals surface area contributed by atoms with Gasteiger partial charge in [-0.1, -0.05) is 0 Å². The maximum absolute atomic E-state index is 5.47. The van der Waals surface area contributed by atoms with Gasteiger partial charge in [0.1, 0.15) is 5.76 Å². The molecule has 0 fully saturated rings. The minimum atomic E-state index is 0.247. The summed E-state index contributed by atoms with van der Waals surface area (Å²) in [5.74, 6) is 0.985. The molecule has 1 atom stereocenters. The Hall–Kier alpha value is -1.59. The van der Waals surface area contributed by atoms with Crippen molar-refractivity contribution in [3.63, 3.8) is 0 Å². The molecule has 1 N–H and O–H groups in total. The lowest BCUT2D eigenvalue weighted by molar-refractivity contribution is 0.250. The van der Waals surface area contributed by atoms with Gasteiger partial charge in [0.25, 0.3) is 0 Å². The number of furan rings is 1. The van der Waals surface area contributed by atoms with E-state index in [0.29, 0.717) is 0 Å². The molecule has 2 aromatic rings. The van der Waals surface area contributed by atoms with E-state index < -0.39 is 0 Å². The van der Waals surface area contributed by atoms with Gasteiger partial charge in [0.05, 0.1) is 18.5 Å². The average Bonchev–Trinajstić information content (AvgIpc) is 2.95. The molecule has 98 valence electrons.